The molecule has 0 atom stereocenters. The molecule has 0 aliphatic heterocycles. The van der Waals surface area contributed by atoms with E-state index >= 15 is 0 Å². The molecule has 0 spiro atoms. The van der Waals surface area contributed by atoms with Crippen molar-refractivity contribution < 1.29 is 9.53 Å². The van der Waals surface area contributed by atoms with Gasteiger partial charge in [0.05, 0.1) is 0 Å². The Morgan fingerprint density at radius 1 is 1.28 bits per heavy atom. The number of aromatic nitrogens is 2. The van der Waals surface area contributed by atoms with E-state index in [1.165, 1.54) is 0 Å². The fraction of sp³-hybridized carbons (Fsp3) is 0.0909. The number of anilines is 1. The van der Waals surface area contributed by atoms with Gasteiger partial charge < -0.3 is 9.72 Å². The van der Waals surface area contributed by atoms with Crippen LogP contribution < -0.4 is 10.1 Å². The summed E-state index contributed by atoms with van der Waals surface area (Å²) in [5, 5.41) is 2.56. The van der Waals surface area contributed by atoms with Gasteiger partial charge in [-0.3, -0.25) is 10.1 Å². The predicted octanol–water partition coefficient (Wildman–Crippen LogP) is 2.27. The summed E-state index contributed by atoms with van der Waals surface area (Å²) in [6.07, 6.45) is 3.20. The molecule has 1 aromatic carbocycles. The molecule has 0 unspecified atom stereocenters. The number of carbonyl (C=O) groups excluding carboxylic acids is 1. The van der Waals surface area contributed by atoms with Crippen LogP contribution in [-0.2, 0) is 4.79 Å². The van der Waals surface area contributed by atoms with E-state index in [0.29, 0.717) is 11.7 Å². The van der Waals surface area contributed by atoms with E-state index in [1.807, 2.05) is 18.2 Å². The van der Waals surface area contributed by atoms with Gasteiger partial charge in [-0.05, 0) is 12.1 Å². The van der Waals surface area contributed by atoms with Crippen LogP contribution in [0.1, 0.15) is 0 Å². The number of carbonyl (C=O) groups is 1. The largest absolute Gasteiger partial charge is 0.484 e. The molecule has 2 aromatic rings. The highest BCUT2D eigenvalue weighted by atomic mass is 35.5. The van der Waals surface area contributed by atoms with Gasteiger partial charge in [0.1, 0.15) is 5.75 Å². The summed E-state index contributed by atoms with van der Waals surface area (Å²) < 4.78 is 5.26. The lowest BCUT2D eigenvalue weighted by Gasteiger charge is -2.05. The van der Waals surface area contributed by atoms with Crippen molar-refractivity contribution in [3.63, 3.8) is 0 Å². The summed E-state index contributed by atoms with van der Waals surface area (Å²) >= 11 is 0. The molecule has 1 amide bonds. The van der Waals surface area contributed by atoms with Crippen molar-refractivity contribution in [3.05, 3.63) is 42.7 Å². The van der Waals surface area contributed by atoms with Crippen LogP contribution in [0, 0.1) is 0 Å². The number of benzene rings is 1. The molecular formula is C11H13Cl2N3O2. The van der Waals surface area contributed by atoms with Crippen molar-refractivity contribution in [2.24, 2.45) is 0 Å². The molecule has 0 bridgehead atoms. The number of amides is 1. The summed E-state index contributed by atoms with van der Waals surface area (Å²) in [5.74, 6) is 0.831. The highest BCUT2D eigenvalue weighted by Crippen LogP contribution is 2.07. The topological polar surface area (TPSA) is 67.0 Å². The monoisotopic (exact) mass is 289 g/mol. The zero-order valence-electron chi connectivity index (χ0n) is 9.33. The number of H-pyrrole nitrogens is 1. The lowest BCUT2D eigenvalue weighted by molar-refractivity contribution is -0.118. The second-order valence-corrected chi connectivity index (χ2v) is 3.09. The molecular weight excluding hydrogens is 277 g/mol. The number of imidazole rings is 1. The van der Waals surface area contributed by atoms with Crippen LogP contribution in [0.3, 0.4) is 0 Å². The number of nitrogens with zero attached hydrogens (tertiary/aromatic N) is 1. The van der Waals surface area contributed by atoms with Gasteiger partial charge in [0.15, 0.2) is 6.61 Å². The van der Waals surface area contributed by atoms with Crippen molar-refractivity contribution in [2.75, 3.05) is 11.9 Å². The molecule has 5 nitrogen and oxygen atoms in total. The molecule has 0 fully saturated rings. The van der Waals surface area contributed by atoms with E-state index in [2.05, 4.69) is 15.3 Å². The van der Waals surface area contributed by atoms with Gasteiger partial charge in [0.25, 0.3) is 5.91 Å². The number of rotatable bonds is 4. The van der Waals surface area contributed by atoms with E-state index < -0.39 is 0 Å². The second-order valence-electron chi connectivity index (χ2n) is 3.09. The number of aromatic amines is 1. The van der Waals surface area contributed by atoms with E-state index in [0.717, 1.165) is 0 Å². The summed E-state index contributed by atoms with van der Waals surface area (Å²) in [7, 11) is 0. The molecule has 0 saturated carbocycles. The zero-order valence-corrected chi connectivity index (χ0v) is 11.0. The van der Waals surface area contributed by atoms with Crippen molar-refractivity contribution >= 4 is 36.7 Å². The zero-order chi connectivity index (χ0) is 11.2. The minimum absolute atomic E-state index is 0. The summed E-state index contributed by atoms with van der Waals surface area (Å²) in [6, 6.07) is 9.16. The number of halogens is 2. The van der Waals surface area contributed by atoms with Gasteiger partial charge in [0.2, 0.25) is 5.95 Å². The minimum Gasteiger partial charge on any atom is -0.484 e. The van der Waals surface area contributed by atoms with Gasteiger partial charge in [0, 0.05) is 12.4 Å². The van der Waals surface area contributed by atoms with Gasteiger partial charge >= 0.3 is 0 Å². The second kappa shape index (κ2) is 8.38. The molecule has 7 heteroatoms. The van der Waals surface area contributed by atoms with Crippen LogP contribution in [-0.4, -0.2) is 22.5 Å². The Morgan fingerprint density at radius 2 is 2.00 bits per heavy atom. The molecule has 18 heavy (non-hydrogen) atoms. The average Bonchev–Trinajstić information content (AvgIpc) is 2.81. The van der Waals surface area contributed by atoms with E-state index in [4.69, 9.17) is 4.74 Å². The molecule has 98 valence electrons. The predicted molar refractivity (Wildman–Crippen MR) is 73.7 cm³/mol. The summed E-state index contributed by atoms with van der Waals surface area (Å²) in [5.41, 5.74) is 0. The highest BCUT2D eigenvalue weighted by molar-refractivity contribution is 5.90. The number of hydrogen-bond acceptors (Lipinski definition) is 3. The van der Waals surface area contributed by atoms with Crippen molar-refractivity contribution in [2.45, 2.75) is 0 Å². The lowest BCUT2D eigenvalue weighted by Crippen LogP contribution is -2.20. The van der Waals surface area contributed by atoms with Crippen LogP contribution in [0.25, 0.3) is 0 Å². The third-order valence-corrected chi connectivity index (χ3v) is 1.87. The normalized spacial score (nSPS) is 8.67. The maximum Gasteiger partial charge on any atom is 0.264 e. The fourth-order valence-corrected chi connectivity index (χ4v) is 1.17. The number of para-hydroxylation sites is 1. The quantitative estimate of drug-likeness (QED) is 0.907. The van der Waals surface area contributed by atoms with Gasteiger partial charge in [-0.2, -0.15) is 0 Å². The highest BCUT2D eigenvalue weighted by Gasteiger charge is 2.04. The Balaban J connectivity index is 0.00000144. The number of hydrogen-bond donors (Lipinski definition) is 2. The lowest BCUT2D eigenvalue weighted by atomic mass is 10.3. The number of nitrogens with one attached hydrogen (secondary N) is 2. The van der Waals surface area contributed by atoms with Crippen LogP contribution in [0.4, 0.5) is 5.95 Å². The first-order valence-corrected chi connectivity index (χ1v) is 4.81. The van der Waals surface area contributed by atoms with Gasteiger partial charge in [-0.25, -0.2) is 4.98 Å². The molecule has 1 heterocycles. The average molecular weight is 290 g/mol. The van der Waals surface area contributed by atoms with Gasteiger partial charge in [-0.1, -0.05) is 18.2 Å². The standard InChI is InChI=1S/C11H11N3O2.2ClH/c15-10(14-11-12-6-7-13-11)8-16-9-4-2-1-3-5-9;;/h1-7H,8H2,(H2,12,13,14,15);2*1H. The van der Waals surface area contributed by atoms with Crippen LogP contribution >= 0.6 is 24.8 Å². The smallest absolute Gasteiger partial charge is 0.264 e. The molecule has 0 aliphatic rings. The summed E-state index contributed by atoms with van der Waals surface area (Å²) in [6.45, 7) is -0.0370. The molecule has 0 aliphatic carbocycles. The van der Waals surface area contributed by atoms with Crippen molar-refractivity contribution in [3.8, 4) is 5.75 Å². The third-order valence-electron chi connectivity index (χ3n) is 1.87. The first-order chi connectivity index (χ1) is 7.84. The van der Waals surface area contributed by atoms with Crippen molar-refractivity contribution in [1.29, 1.82) is 0 Å². The Morgan fingerprint density at radius 3 is 2.61 bits per heavy atom. The Bertz CT molecular complexity index is 449. The van der Waals surface area contributed by atoms with Crippen LogP contribution in [0.2, 0.25) is 0 Å². The molecule has 0 radical (unpaired) electrons. The maximum atomic E-state index is 11.4. The Hall–Kier alpha value is -1.72. The molecule has 0 saturated heterocycles. The van der Waals surface area contributed by atoms with Crippen LogP contribution in [0.15, 0.2) is 42.7 Å². The summed E-state index contributed by atoms with van der Waals surface area (Å²) in [4.78, 5) is 18.0. The van der Waals surface area contributed by atoms with E-state index in [9.17, 15) is 4.79 Å². The van der Waals surface area contributed by atoms with E-state index in [1.54, 1.807) is 24.5 Å². The van der Waals surface area contributed by atoms with Crippen LogP contribution in [0.5, 0.6) is 5.75 Å². The van der Waals surface area contributed by atoms with Gasteiger partial charge in [-0.15, -0.1) is 24.8 Å². The van der Waals surface area contributed by atoms with E-state index in [-0.39, 0.29) is 37.3 Å². The molecule has 1 aromatic heterocycles. The first kappa shape index (κ1) is 16.3. The molecule has 2 rings (SSSR count). The third kappa shape index (κ3) is 5.07. The maximum absolute atomic E-state index is 11.4. The minimum atomic E-state index is -0.251. The SMILES string of the molecule is Cl.Cl.O=C(COc1ccccc1)Nc1ncc[nH]1. The number of ether oxygens (including phenoxy) is 1. The Labute approximate surface area is 117 Å². The fourth-order valence-electron chi connectivity index (χ4n) is 1.17. The first-order valence-electron chi connectivity index (χ1n) is 4.81. The van der Waals surface area contributed by atoms with Crippen molar-refractivity contribution in [1.82, 2.24) is 9.97 Å². The Kier molecular flexibility index (Phi) is 7.58. The molecule has 2 N–H and O–H groups in total.